The van der Waals surface area contributed by atoms with E-state index >= 15 is 0 Å². The van der Waals surface area contributed by atoms with Gasteiger partial charge in [-0.2, -0.15) is 5.10 Å². The predicted octanol–water partition coefficient (Wildman–Crippen LogP) is 3.11. The summed E-state index contributed by atoms with van der Waals surface area (Å²) in [6, 6.07) is 8.74. The van der Waals surface area contributed by atoms with Gasteiger partial charge in [0, 0.05) is 12.5 Å². The van der Waals surface area contributed by atoms with Gasteiger partial charge in [-0.25, -0.2) is 0 Å². The quantitative estimate of drug-likeness (QED) is 0.862. The molecule has 0 spiro atoms. The smallest absolute Gasteiger partial charge is 0.0933 e. The number of aliphatic hydroxyl groups is 1. The first-order valence-corrected chi connectivity index (χ1v) is 9.13. The molecule has 1 aliphatic carbocycles. The number of rotatable bonds is 1. The number of likely N-dealkylation sites (N-methyl/N-ethyl adjacent to an activating group) is 1. The number of hydrogen-bond donors (Lipinski definition) is 1. The zero-order valence-electron chi connectivity index (χ0n) is 14.7. The van der Waals surface area contributed by atoms with Gasteiger partial charge < -0.3 is 5.11 Å². The number of benzene rings is 1. The van der Waals surface area contributed by atoms with E-state index in [2.05, 4.69) is 48.1 Å². The first-order valence-electron chi connectivity index (χ1n) is 9.13. The molecule has 1 N–H and O–H groups in total. The number of allylic oxidation sites excluding steroid dienone is 1. The molecule has 2 aliphatic heterocycles. The lowest BCUT2D eigenvalue weighted by molar-refractivity contribution is 0.142. The molecule has 2 heterocycles. The molecule has 0 bridgehead atoms. The summed E-state index contributed by atoms with van der Waals surface area (Å²) in [5, 5.41) is 17.4. The lowest BCUT2D eigenvalue weighted by Crippen LogP contribution is -2.32. The largest absolute Gasteiger partial charge is 0.393 e. The molecule has 1 saturated carbocycles. The van der Waals surface area contributed by atoms with Crippen molar-refractivity contribution in [2.45, 2.75) is 45.1 Å². The SMILES string of the molecule is Cc1ccc(C2=NN3CN(C)CC3=C3CCCC(O)CCC23)cc1. The Morgan fingerprint density at radius 1 is 1.12 bits per heavy atom. The van der Waals surface area contributed by atoms with Crippen molar-refractivity contribution < 1.29 is 5.11 Å². The van der Waals surface area contributed by atoms with E-state index in [-0.39, 0.29) is 6.10 Å². The van der Waals surface area contributed by atoms with Crippen molar-refractivity contribution in [3.63, 3.8) is 0 Å². The standard InChI is InChI=1S/C20H27N3O/c1-14-6-8-15(9-7-14)20-18-11-10-16(24)4-3-5-17(18)19-12-22(2)13-23(19)21-20/h6-9,16,18,24H,3-5,10-13H2,1-2H3. The van der Waals surface area contributed by atoms with E-state index in [0.717, 1.165) is 45.3 Å². The highest BCUT2D eigenvalue weighted by atomic mass is 16.3. The van der Waals surface area contributed by atoms with Crippen LogP contribution in [0.3, 0.4) is 0 Å². The Kier molecular flexibility index (Phi) is 4.19. The summed E-state index contributed by atoms with van der Waals surface area (Å²) in [5.41, 5.74) is 6.68. The number of aliphatic hydroxyl groups excluding tert-OH is 1. The van der Waals surface area contributed by atoms with Gasteiger partial charge in [-0.15, -0.1) is 0 Å². The summed E-state index contributed by atoms with van der Waals surface area (Å²) in [7, 11) is 2.16. The van der Waals surface area contributed by atoms with E-state index in [0.29, 0.717) is 5.92 Å². The van der Waals surface area contributed by atoms with Crippen molar-refractivity contribution in [3.05, 3.63) is 46.7 Å². The van der Waals surface area contributed by atoms with Crippen molar-refractivity contribution in [2.24, 2.45) is 11.0 Å². The first kappa shape index (κ1) is 15.9. The molecule has 0 radical (unpaired) electrons. The second kappa shape index (κ2) is 6.34. The van der Waals surface area contributed by atoms with Crippen molar-refractivity contribution in [1.29, 1.82) is 0 Å². The second-order valence-corrected chi connectivity index (χ2v) is 7.55. The minimum absolute atomic E-state index is 0.153. The van der Waals surface area contributed by atoms with Crippen molar-refractivity contribution in [3.8, 4) is 0 Å². The summed E-state index contributed by atoms with van der Waals surface area (Å²) >= 11 is 0. The summed E-state index contributed by atoms with van der Waals surface area (Å²) in [4.78, 5) is 2.33. The van der Waals surface area contributed by atoms with Gasteiger partial charge in [0.1, 0.15) is 0 Å². The van der Waals surface area contributed by atoms with Gasteiger partial charge in [0.05, 0.1) is 24.2 Å². The lowest BCUT2D eigenvalue weighted by atomic mass is 9.79. The number of hydrogen-bond acceptors (Lipinski definition) is 4. The van der Waals surface area contributed by atoms with Crippen LogP contribution in [0, 0.1) is 12.8 Å². The number of aryl methyl sites for hydroxylation is 1. The fourth-order valence-corrected chi connectivity index (χ4v) is 4.27. The molecular formula is C20H27N3O. The van der Waals surface area contributed by atoms with Crippen LogP contribution >= 0.6 is 0 Å². The molecule has 0 aromatic heterocycles. The van der Waals surface area contributed by atoms with E-state index < -0.39 is 0 Å². The highest BCUT2D eigenvalue weighted by Crippen LogP contribution is 2.39. The molecule has 3 aliphatic rings. The molecule has 1 aromatic rings. The monoisotopic (exact) mass is 325 g/mol. The minimum atomic E-state index is -0.153. The molecule has 4 nitrogen and oxygen atoms in total. The third kappa shape index (κ3) is 2.89. The summed E-state index contributed by atoms with van der Waals surface area (Å²) in [5.74, 6) is 0.361. The molecule has 24 heavy (non-hydrogen) atoms. The normalized spacial score (nSPS) is 28.1. The molecular weight excluding hydrogens is 298 g/mol. The molecule has 2 fully saturated rings. The number of nitrogens with zero attached hydrogens (tertiary/aromatic N) is 3. The van der Waals surface area contributed by atoms with E-state index in [1.165, 1.54) is 22.5 Å². The first-order chi connectivity index (χ1) is 11.6. The maximum atomic E-state index is 10.2. The summed E-state index contributed by atoms with van der Waals surface area (Å²) in [6.07, 6.45) is 4.82. The van der Waals surface area contributed by atoms with Crippen LogP contribution < -0.4 is 0 Å². The Balaban J connectivity index is 1.75. The highest BCUT2D eigenvalue weighted by Gasteiger charge is 2.36. The average molecular weight is 325 g/mol. The third-order valence-corrected chi connectivity index (χ3v) is 5.58. The zero-order chi connectivity index (χ0) is 16.7. The van der Waals surface area contributed by atoms with E-state index in [4.69, 9.17) is 5.10 Å². The van der Waals surface area contributed by atoms with Gasteiger partial charge in [0.2, 0.25) is 0 Å². The van der Waals surface area contributed by atoms with Crippen molar-refractivity contribution in [1.82, 2.24) is 9.91 Å². The Morgan fingerprint density at radius 3 is 2.71 bits per heavy atom. The van der Waals surface area contributed by atoms with Gasteiger partial charge in [-0.05, 0) is 57.2 Å². The van der Waals surface area contributed by atoms with E-state index in [9.17, 15) is 5.11 Å². The van der Waals surface area contributed by atoms with Crippen molar-refractivity contribution in [2.75, 3.05) is 20.3 Å². The molecule has 1 saturated heterocycles. The lowest BCUT2D eigenvalue weighted by Gasteiger charge is -2.34. The van der Waals surface area contributed by atoms with Crippen LogP contribution in [0.5, 0.6) is 0 Å². The van der Waals surface area contributed by atoms with Crippen LogP contribution in [0.1, 0.15) is 43.2 Å². The Bertz CT molecular complexity index is 677. The molecule has 1 aromatic carbocycles. The molecule has 2 unspecified atom stereocenters. The molecule has 128 valence electrons. The molecule has 4 rings (SSSR count). The summed E-state index contributed by atoms with van der Waals surface area (Å²) < 4.78 is 0. The number of fused-ring (bicyclic) bond motifs is 2. The van der Waals surface area contributed by atoms with Crippen LogP contribution in [0.4, 0.5) is 0 Å². The molecule has 2 atom stereocenters. The zero-order valence-corrected chi connectivity index (χ0v) is 14.7. The number of hydrazone groups is 1. The van der Waals surface area contributed by atoms with E-state index in [1.807, 2.05) is 0 Å². The van der Waals surface area contributed by atoms with Gasteiger partial charge in [-0.1, -0.05) is 29.8 Å². The van der Waals surface area contributed by atoms with Gasteiger partial charge in [0.25, 0.3) is 0 Å². The Morgan fingerprint density at radius 2 is 1.92 bits per heavy atom. The van der Waals surface area contributed by atoms with Crippen LogP contribution in [0.25, 0.3) is 0 Å². The predicted molar refractivity (Wildman–Crippen MR) is 96.7 cm³/mol. The minimum Gasteiger partial charge on any atom is -0.393 e. The fraction of sp³-hybridized carbons (Fsp3) is 0.550. The second-order valence-electron chi connectivity index (χ2n) is 7.55. The average Bonchev–Trinajstić information content (AvgIpc) is 2.91. The fourth-order valence-electron chi connectivity index (χ4n) is 4.27. The van der Waals surface area contributed by atoms with Gasteiger partial charge >= 0.3 is 0 Å². The highest BCUT2D eigenvalue weighted by molar-refractivity contribution is 6.04. The van der Waals surface area contributed by atoms with Crippen LogP contribution in [0.15, 0.2) is 40.6 Å². The summed E-state index contributed by atoms with van der Waals surface area (Å²) in [6.45, 7) is 4.00. The maximum Gasteiger partial charge on any atom is 0.0933 e. The maximum absolute atomic E-state index is 10.2. The Labute approximate surface area is 144 Å². The topological polar surface area (TPSA) is 39.1 Å². The van der Waals surface area contributed by atoms with Crippen LogP contribution in [0.2, 0.25) is 0 Å². The van der Waals surface area contributed by atoms with Crippen LogP contribution in [-0.2, 0) is 0 Å². The third-order valence-electron chi connectivity index (χ3n) is 5.58. The molecule has 0 amide bonds. The van der Waals surface area contributed by atoms with E-state index in [1.54, 1.807) is 5.57 Å². The van der Waals surface area contributed by atoms with Crippen LogP contribution in [-0.4, -0.2) is 47.1 Å². The van der Waals surface area contributed by atoms with Gasteiger partial charge in [0.15, 0.2) is 0 Å². The Hall–Kier alpha value is -1.65. The molecule has 4 heteroatoms. The van der Waals surface area contributed by atoms with Crippen molar-refractivity contribution >= 4 is 5.71 Å². The van der Waals surface area contributed by atoms with Gasteiger partial charge in [-0.3, -0.25) is 9.91 Å².